The van der Waals surface area contributed by atoms with Crippen LogP contribution in [0, 0.1) is 12.8 Å². The van der Waals surface area contributed by atoms with Crippen LogP contribution in [0.1, 0.15) is 37.7 Å². The van der Waals surface area contributed by atoms with E-state index in [0.717, 1.165) is 43.5 Å². The molecule has 4 rings (SSSR count). The number of carbonyl (C=O) groups is 3. The third-order valence-corrected chi connectivity index (χ3v) is 7.04. The number of nitrogens with zero attached hydrogens (tertiary/aromatic N) is 3. The lowest BCUT2D eigenvalue weighted by Crippen LogP contribution is -2.52. The molecular weight excluding hydrogens is 404 g/mol. The van der Waals surface area contributed by atoms with Crippen molar-refractivity contribution in [3.63, 3.8) is 0 Å². The first-order valence-electron chi connectivity index (χ1n) is 10.8. The van der Waals surface area contributed by atoms with Crippen molar-refractivity contribution in [2.24, 2.45) is 11.7 Å². The number of hydrogen-bond donors (Lipinski definition) is 1. The van der Waals surface area contributed by atoms with Gasteiger partial charge in [-0.3, -0.25) is 19.3 Å². The molecule has 8 heteroatoms. The summed E-state index contributed by atoms with van der Waals surface area (Å²) in [6.07, 6.45) is 3.74. The van der Waals surface area contributed by atoms with Crippen molar-refractivity contribution in [2.75, 3.05) is 31.1 Å². The van der Waals surface area contributed by atoms with Crippen LogP contribution in [0.15, 0.2) is 18.2 Å². The molecule has 0 bridgehead atoms. The summed E-state index contributed by atoms with van der Waals surface area (Å²) >= 11 is 6.11. The van der Waals surface area contributed by atoms with Gasteiger partial charge in [0.25, 0.3) is 0 Å². The molecule has 30 heavy (non-hydrogen) atoms. The van der Waals surface area contributed by atoms with Crippen LogP contribution in [0.4, 0.5) is 5.69 Å². The highest BCUT2D eigenvalue weighted by atomic mass is 35.5. The molecule has 0 aromatic heterocycles. The number of halogens is 1. The minimum Gasteiger partial charge on any atom is -0.368 e. The van der Waals surface area contributed by atoms with Crippen molar-refractivity contribution < 1.29 is 14.4 Å². The van der Waals surface area contributed by atoms with Gasteiger partial charge in [0.05, 0.1) is 12.0 Å². The Morgan fingerprint density at radius 2 is 1.87 bits per heavy atom. The Labute approximate surface area is 182 Å². The van der Waals surface area contributed by atoms with E-state index in [1.54, 1.807) is 17.0 Å². The highest BCUT2D eigenvalue weighted by molar-refractivity contribution is 6.31. The number of rotatable bonds is 4. The van der Waals surface area contributed by atoms with E-state index in [1.807, 2.05) is 17.9 Å². The van der Waals surface area contributed by atoms with Crippen LogP contribution in [-0.4, -0.2) is 65.8 Å². The zero-order chi connectivity index (χ0) is 21.4. The number of nitrogens with two attached hydrogens (primary N) is 1. The van der Waals surface area contributed by atoms with Gasteiger partial charge in [0, 0.05) is 42.8 Å². The summed E-state index contributed by atoms with van der Waals surface area (Å²) in [5.41, 5.74) is 7.31. The summed E-state index contributed by atoms with van der Waals surface area (Å²) in [6, 6.07) is 5.61. The van der Waals surface area contributed by atoms with Crippen LogP contribution in [-0.2, 0) is 14.4 Å². The zero-order valence-electron chi connectivity index (χ0n) is 17.3. The van der Waals surface area contributed by atoms with E-state index in [9.17, 15) is 14.4 Å². The predicted molar refractivity (Wildman–Crippen MR) is 115 cm³/mol. The Morgan fingerprint density at radius 1 is 1.13 bits per heavy atom. The topological polar surface area (TPSA) is 86.9 Å². The molecule has 2 unspecified atom stereocenters. The summed E-state index contributed by atoms with van der Waals surface area (Å²) in [6.45, 7) is 4.56. The normalized spacial score (nSPS) is 25.9. The van der Waals surface area contributed by atoms with Crippen LogP contribution in [0.5, 0.6) is 0 Å². The van der Waals surface area contributed by atoms with Crippen LogP contribution in [0.25, 0.3) is 0 Å². The van der Waals surface area contributed by atoms with Gasteiger partial charge >= 0.3 is 0 Å². The molecule has 0 aliphatic carbocycles. The zero-order valence-corrected chi connectivity index (χ0v) is 18.1. The molecule has 2 atom stereocenters. The lowest BCUT2D eigenvalue weighted by atomic mass is 9.99. The molecule has 3 fully saturated rings. The molecular formula is C22H29ClN4O3. The number of benzene rings is 1. The number of anilines is 1. The number of amides is 3. The smallest absolute Gasteiger partial charge is 0.234 e. The molecule has 3 aliphatic rings. The van der Waals surface area contributed by atoms with E-state index >= 15 is 0 Å². The molecule has 3 heterocycles. The fourth-order valence-corrected chi connectivity index (χ4v) is 5.35. The Balaban J connectivity index is 1.36. The molecule has 3 aliphatic heterocycles. The fraction of sp³-hybridized carbons (Fsp3) is 0.591. The molecule has 7 nitrogen and oxygen atoms in total. The molecule has 3 saturated heterocycles. The second-order valence-electron chi connectivity index (χ2n) is 8.69. The van der Waals surface area contributed by atoms with Gasteiger partial charge in [-0.05, 0) is 56.8 Å². The minimum absolute atomic E-state index is 0.0324. The maximum atomic E-state index is 13.1. The van der Waals surface area contributed by atoms with Crippen molar-refractivity contribution in [1.82, 2.24) is 9.80 Å². The highest BCUT2D eigenvalue weighted by Crippen LogP contribution is 2.32. The van der Waals surface area contributed by atoms with E-state index in [0.29, 0.717) is 30.7 Å². The van der Waals surface area contributed by atoms with Gasteiger partial charge in [0.1, 0.15) is 0 Å². The quantitative estimate of drug-likeness (QED) is 0.787. The van der Waals surface area contributed by atoms with Crippen LogP contribution >= 0.6 is 11.6 Å². The molecule has 0 radical (unpaired) electrons. The lowest BCUT2D eigenvalue weighted by molar-refractivity contribution is -0.137. The number of piperidine rings is 1. The Kier molecular flexibility index (Phi) is 6.02. The van der Waals surface area contributed by atoms with E-state index < -0.39 is 0 Å². The van der Waals surface area contributed by atoms with Crippen LogP contribution in [0.3, 0.4) is 0 Å². The van der Waals surface area contributed by atoms with E-state index in [-0.39, 0.29) is 36.1 Å². The number of primary amides is 1. The maximum absolute atomic E-state index is 13.1. The Hall–Kier alpha value is -2.12. The molecule has 0 saturated carbocycles. The number of likely N-dealkylation sites (tertiary alicyclic amines) is 2. The van der Waals surface area contributed by atoms with E-state index in [1.165, 1.54) is 0 Å². The summed E-state index contributed by atoms with van der Waals surface area (Å²) in [7, 11) is 0. The molecule has 162 valence electrons. The van der Waals surface area contributed by atoms with Gasteiger partial charge in [-0.15, -0.1) is 0 Å². The summed E-state index contributed by atoms with van der Waals surface area (Å²) in [5.74, 6) is -0.545. The van der Waals surface area contributed by atoms with Crippen LogP contribution < -0.4 is 10.6 Å². The molecule has 1 aromatic carbocycles. The van der Waals surface area contributed by atoms with Crippen molar-refractivity contribution >= 4 is 35.0 Å². The molecule has 2 N–H and O–H groups in total. The van der Waals surface area contributed by atoms with E-state index in [4.69, 9.17) is 17.3 Å². The van der Waals surface area contributed by atoms with Crippen molar-refractivity contribution in [3.05, 3.63) is 28.8 Å². The van der Waals surface area contributed by atoms with Gasteiger partial charge in [-0.2, -0.15) is 0 Å². The molecule has 3 amide bonds. The van der Waals surface area contributed by atoms with Gasteiger partial charge < -0.3 is 15.5 Å². The average molecular weight is 433 g/mol. The summed E-state index contributed by atoms with van der Waals surface area (Å²) in [5, 5.41) is 0.580. The highest BCUT2D eigenvalue weighted by Gasteiger charge is 2.40. The Morgan fingerprint density at radius 3 is 2.57 bits per heavy atom. The summed E-state index contributed by atoms with van der Waals surface area (Å²) in [4.78, 5) is 43.2. The third-order valence-electron chi connectivity index (χ3n) is 6.80. The van der Waals surface area contributed by atoms with Crippen LogP contribution in [0.2, 0.25) is 5.02 Å². The molecule has 1 aromatic rings. The molecule has 0 spiro atoms. The predicted octanol–water partition coefficient (Wildman–Crippen LogP) is 1.94. The fourth-order valence-electron chi connectivity index (χ4n) is 5.19. The second kappa shape index (κ2) is 8.55. The monoisotopic (exact) mass is 432 g/mol. The van der Waals surface area contributed by atoms with Gasteiger partial charge in [-0.1, -0.05) is 17.7 Å². The van der Waals surface area contributed by atoms with Gasteiger partial charge in [0.15, 0.2) is 0 Å². The van der Waals surface area contributed by atoms with Gasteiger partial charge in [-0.25, -0.2) is 0 Å². The lowest BCUT2D eigenvalue weighted by Gasteiger charge is -2.39. The third kappa shape index (κ3) is 4.05. The largest absolute Gasteiger partial charge is 0.368 e. The van der Waals surface area contributed by atoms with Crippen molar-refractivity contribution in [2.45, 2.75) is 51.1 Å². The van der Waals surface area contributed by atoms with Crippen molar-refractivity contribution in [3.8, 4) is 0 Å². The SMILES string of the molecule is Cc1ccc(Cl)cc1N1CC(C(=O)N2CCC(N3CCCC3C(N)=O)CC2)CC1=O. The van der Waals surface area contributed by atoms with E-state index in [2.05, 4.69) is 4.90 Å². The standard InChI is InChI=1S/C22H29ClN4O3/c1-14-4-5-16(23)12-19(14)27-13-15(11-20(27)28)22(30)25-9-6-17(7-10-25)26-8-2-3-18(26)21(24)29/h4-5,12,15,17-18H,2-3,6-11,13H2,1H3,(H2,24,29). The first-order valence-corrected chi connectivity index (χ1v) is 11.1. The Bertz CT molecular complexity index is 853. The first-order chi connectivity index (χ1) is 14.3. The second-order valence-corrected chi connectivity index (χ2v) is 9.13. The first kappa shape index (κ1) is 21.1. The van der Waals surface area contributed by atoms with Gasteiger partial charge in [0.2, 0.25) is 17.7 Å². The average Bonchev–Trinajstić information content (AvgIpc) is 3.36. The minimum atomic E-state index is -0.322. The number of hydrogen-bond acceptors (Lipinski definition) is 4. The summed E-state index contributed by atoms with van der Waals surface area (Å²) < 4.78 is 0. The number of aryl methyl sites for hydroxylation is 1. The van der Waals surface area contributed by atoms with Crippen molar-refractivity contribution in [1.29, 1.82) is 0 Å². The number of carbonyl (C=O) groups excluding carboxylic acids is 3. The maximum Gasteiger partial charge on any atom is 0.234 e.